The molecule has 0 aliphatic carbocycles. The van der Waals surface area contributed by atoms with Crippen molar-refractivity contribution in [3.63, 3.8) is 0 Å². The summed E-state index contributed by atoms with van der Waals surface area (Å²) in [6.45, 7) is 1.62. The molecular weight excluding hydrogens is 94.0 g/mol. The number of aliphatic hydroxyl groups is 2. The van der Waals surface area contributed by atoms with E-state index in [0.717, 1.165) is 0 Å². The van der Waals surface area contributed by atoms with E-state index in [1.807, 2.05) is 0 Å². The summed E-state index contributed by atoms with van der Waals surface area (Å²) in [5.41, 5.74) is 4.96. The Balaban J connectivity index is 3.14. The highest BCUT2D eigenvalue weighted by molar-refractivity contribution is 4.60. The van der Waals surface area contributed by atoms with Crippen LogP contribution in [0.1, 0.15) is 6.92 Å². The molecular formula is C4H11NO2. The first-order valence-corrected chi connectivity index (χ1v) is 2.24. The maximum Gasteiger partial charge on any atom is 0.0918 e. The third-order valence-corrected chi connectivity index (χ3v) is 0.798. The lowest BCUT2D eigenvalue weighted by Gasteiger charge is -2.08. The molecule has 0 amide bonds. The molecule has 2 atom stereocenters. The fourth-order valence-electron chi connectivity index (χ4n) is 0.197. The number of hydrogen-bond acceptors (Lipinski definition) is 3. The molecule has 4 N–H and O–H groups in total. The Morgan fingerprint density at radius 3 is 2.00 bits per heavy atom. The Morgan fingerprint density at radius 2 is 2.00 bits per heavy atom. The summed E-state index contributed by atoms with van der Waals surface area (Å²) < 4.78 is 0. The summed E-state index contributed by atoms with van der Waals surface area (Å²) in [6, 6.07) is 0. The summed E-state index contributed by atoms with van der Waals surface area (Å²) in [5.74, 6) is 0. The van der Waals surface area contributed by atoms with Crippen LogP contribution < -0.4 is 5.73 Å². The maximum atomic E-state index is 8.56. The molecule has 0 aromatic rings. The van der Waals surface area contributed by atoms with Gasteiger partial charge in [-0.15, -0.1) is 0 Å². The van der Waals surface area contributed by atoms with Crippen molar-refractivity contribution in [1.82, 2.24) is 0 Å². The normalized spacial score (nSPS) is 18.9. The van der Waals surface area contributed by atoms with Crippen LogP contribution in [0.5, 0.6) is 0 Å². The summed E-state index contributed by atoms with van der Waals surface area (Å²) >= 11 is 0. The number of rotatable bonds is 2. The van der Waals surface area contributed by atoms with E-state index in [9.17, 15) is 0 Å². The fraction of sp³-hybridized carbons (Fsp3) is 1.00. The zero-order valence-electron chi connectivity index (χ0n) is 4.33. The largest absolute Gasteiger partial charge is 0.391 e. The second kappa shape index (κ2) is 2.96. The Morgan fingerprint density at radius 1 is 1.57 bits per heavy atom. The molecule has 0 bridgehead atoms. The van der Waals surface area contributed by atoms with E-state index in [4.69, 9.17) is 15.9 Å². The first kappa shape index (κ1) is 6.88. The summed E-state index contributed by atoms with van der Waals surface area (Å²) in [6.07, 6.45) is -1.47. The van der Waals surface area contributed by atoms with Gasteiger partial charge in [0.15, 0.2) is 0 Å². The molecule has 0 spiro atoms. The minimum absolute atomic E-state index is 0.123. The van der Waals surface area contributed by atoms with Gasteiger partial charge in [-0.25, -0.2) is 0 Å². The Kier molecular flexibility index (Phi) is 2.91. The number of aliphatic hydroxyl groups excluding tert-OH is 2. The monoisotopic (exact) mass is 105 g/mol. The van der Waals surface area contributed by atoms with E-state index in [0.29, 0.717) is 0 Å². The van der Waals surface area contributed by atoms with Crippen LogP contribution in [0.3, 0.4) is 0 Å². The van der Waals surface area contributed by atoms with Gasteiger partial charge in [0.1, 0.15) is 0 Å². The zero-order valence-corrected chi connectivity index (χ0v) is 4.33. The van der Waals surface area contributed by atoms with Crippen molar-refractivity contribution in [3.05, 3.63) is 0 Å². The lowest BCUT2D eigenvalue weighted by molar-refractivity contribution is 0.0374. The summed E-state index contributed by atoms with van der Waals surface area (Å²) in [7, 11) is 0. The number of nitrogens with two attached hydrogens (primary N) is 1. The summed E-state index contributed by atoms with van der Waals surface area (Å²) in [4.78, 5) is 0. The standard InChI is InChI=1S/C4H11NO2/c1-3(6)4(7)2-5/h3-4,6-7H,2,5H2,1H3/t3-,4-/m0/s1. The van der Waals surface area contributed by atoms with Crippen LogP contribution in [-0.4, -0.2) is 29.0 Å². The molecule has 7 heavy (non-hydrogen) atoms. The lowest BCUT2D eigenvalue weighted by atomic mass is 10.2. The second-order valence-corrected chi connectivity index (χ2v) is 1.54. The molecule has 0 aromatic carbocycles. The van der Waals surface area contributed by atoms with Crippen molar-refractivity contribution in [2.75, 3.05) is 6.54 Å². The van der Waals surface area contributed by atoms with E-state index in [1.165, 1.54) is 6.92 Å². The zero-order chi connectivity index (χ0) is 5.86. The van der Waals surface area contributed by atoms with Gasteiger partial charge >= 0.3 is 0 Å². The molecule has 3 nitrogen and oxygen atoms in total. The average Bonchev–Trinajstić information content (AvgIpc) is 1.65. The molecule has 0 unspecified atom stereocenters. The first-order chi connectivity index (χ1) is 3.18. The van der Waals surface area contributed by atoms with Crippen molar-refractivity contribution in [2.24, 2.45) is 5.73 Å². The quantitative estimate of drug-likeness (QED) is 0.408. The third-order valence-electron chi connectivity index (χ3n) is 0.798. The Hall–Kier alpha value is -0.120. The van der Waals surface area contributed by atoms with Gasteiger partial charge in [-0.3, -0.25) is 0 Å². The van der Waals surface area contributed by atoms with Crippen LogP contribution in [0, 0.1) is 0 Å². The van der Waals surface area contributed by atoms with E-state index in [-0.39, 0.29) is 6.54 Å². The van der Waals surface area contributed by atoms with Crippen LogP contribution in [0.15, 0.2) is 0 Å². The maximum absolute atomic E-state index is 8.56. The fourth-order valence-corrected chi connectivity index (χ4v) is 0.197. The topological polar surface area (TPSA) is 66.5 Å². The van der Waals surface area contributed by atoms with E-state index < -0.39 is 12.2 Å². The minimum atomic E-state index is -0.764. The van der Waals surface area contributed by atoms with Gasteiger partial charge in [-0.1, -0.05) is 0 Å². The van der Waals surface area contributed by atoms with Gasteiger partial charge in [0.2, 0.25) is 0 Å². The predicted octanol–water partition coefficient (Wildman–Crippen LogP) is -1.31. The minimum Gasteiger partial charge on any atom is -0.391 e. The molecule has 0 radical (unpaired) electrons. The Labute approximate surface area is 42.8 Å². The van der Waals surface area contributed by atoms with Gasteiger partial charge < -0.3 is 15.9 Å². The lowest BCUT2D eigenvalue weighted by Crippen LogP contribution is -2.30. The van der Waals surface area contributed by atoms with Gasteiger partial charge in [0.25, 0.3) is 0 Å². The van der Waals surface area contributed by atoms with Crippen molar-refractivity contribution < 1.29 is 10.2 Å². The molecule has 0 aromatic heterocycles. The van der Waals surface area contributed by atoms with Crippen LogP contribution in [0.2, 0.25) is 0 Å². The van der Waals surface area contributed by atoms with Crippen LogP contribution >= 0.6 is 0 Å². The molecule has 0 saturated heterocycles. The molecule has 0 aliphatic heterocycles. The highest BCUT2D eigenvalue weighted by Crippen LogP contribution is 1.85. The first-order valence-electron chi connectivity index (χ1n) is 2.24. The van der Waals surface area contributed by atoms with Crippen molar-refractivity contribution in [3.8, 4) is 0 Å². The van der Waals surface area contributed by atoms with Crippen LogP contribution in [-0.2, 0) is 0 Å². The van der Waals surface area contributed by atoms with Crippen LogP contribution in [0.4, 0.5) is 0 Å². The Bertz CT molecular complexity index is 47.0. The van der Waals surface area contributed by atoms with Crippen molar-refractivity contribution in [1.29, 1.82) is 0 Å². The molecule has 0 fully saturated rings. The molecule has 44 valence electrons. The predicted molar refractivity (Wildman–Crippen MR) is 26.7 cm³/mol. The van der Waals surface area contributed by atoms with Gasteiger partial charge in [-0.2, -0.15) is 0 Å². The van der Waals surface area contributed by atoms with Gasteiger partial charge in [0, 0.05) is 6.54 Å². The number of hydrogen-bond donors (Lipinski definition) is 3. The van der Waals surface area contributed by atoms with Crippen molar-refractivity contribution in [2.45, 2.75) is 19.1 Å². The van der Waals surface area contributed by atoms with Gasteiger partial charge in [-0.05, 0) is 6.92 Å². The van der Waals surface area contributed by atoms with Crippen molar-refractivity contribution >= 4 is 0 Å². The highest BCUT2D eigenvalue weighted by Gasteiger charge is 2.05. The van der Waals surface area contributed by atoms with E-state index in [2.05, 4.69) is 0 Å². The average molecular weight is 105 g/mol. The third kappa shape index (κ3) is 2.56. The molecule has 0 heterocycles. The SMILES string of the molecule is C[C@H](O)[C@@H](O)CN. The summed E-state index contributed by atoms with van der Waals surface area (Å²) in [5, 5.41) is 17.1. The van der Waals surface area contributed by atoms with Gasteiger partial charge in [0.05, 0.1) is 12.2 Å². The second-order valence-electron chi connectivity index (χ2n) is 1.54. The molecule has 0 saturated carbocycles. The smallest absolute Gasteiger partial charge is 0.0918 e. The molecule has 0 rings (SSSR count). The highest BCUT2D eigenvalue weighted by atomic mass is 16.3. The molecule has 0 aliphatic rings. The van der Waals surface area contributed by atoms with Crippen LogP contribution in [0.25, 0.3) is 0 Å². The van der Waals surface area contributed by atoms with E-state index in [1.54, 1.807) is 0 Å². The van der Waals surface area contributed by atoms with E-state index >= 15 is 0 Å². The molecule has 3 heteroatoms.